The van der Waals surface area contributed by atoms with Gasteiger partial charge in [0.1, 0.15) is 5.75 Å². The summed E-state index contributed by atoms with van der Waals surface area (Å²) in [5.41, 5.74) is 1.27. The number of nitrogens with zero attached hydrogens (tertiary/aromatic N) is 1. The molecule has 1 aromatic carbocycles. The van der Waals surface area contributed by atoms with Gasteiger partial charge in [-0.3, -0.25) is 0 Å². The fraction of sp³-hybridized carbons (Fsp3) is 0.500. The fourth-order valence-corrected chi connectivity index (χ4v) is 1.57. The molecule has 0 atom stereocenters. The average molecular weight is 265 g/mol. The lowest BCUT2D eigenvalue weighted by Gasteiger charge is -2.12. The minimum absolute atomic E-state index is 0.0584. The van der Waals surface area contributed by atoms with Gasteiger partial charge in [0.15, 0.2) is 0 Å². The summed E-state index contributed by atoms with van der Waals surface area (Å²) in [5.74, 6) is 0.878. The van der Waals surface area contributed by atoms with E-state index in [4.69, 9.17) is 4.74 Å². The molecule has 0 heterocycles. The Balaban J connectivity index is 2.08. The molecule has 0 aliphatic heterocycles. The number of nitrogens with one attached hydrogen (secondary N) is 2. The van der Waals surface area contributed by atoms with Crippen molar-refractivity contribution in [3.8, 4) is 5.75 Å². The summed E-state index contributed by atoms with van der Waals surface area (Å²) in [7, 11) is 5.12. The zero-order valence-corrected chi connectivity index (χ0v) is 11.9. The number of hydrogen-bond donors (Lipinski definition) is 2. The molecule has 0 saturated heterocycles. The van der Waals surface area contributed by atoms with Crippen molar-refractivity contribution >= 4 is 6.03 Å². The van der Waals surface area contributed by atoms with Gasteiger partial charge in [-0.2, -0.15) is 0 Å². The molecule has 0 radical (unpaired) electrons. The second-order valence-corrected chi connectivity index (χ2v) is 4.47. The largest absolute Gasteiger partial charge is 0.497 e. The predicted molar refractivity (Wildman–Crippen MR) is 76.7 cm³/mol. The molecular weight excluding hydrogens is 242 g/mol. The minimum atomic E-state index is -0.0584. The SMILES string of the molecule is COc1ccc(CCNCCNC(=O)N(C)C)cc1. The van der Waals surface area contributed by atoms with Crippen molar-refractivity contribution in [3.63, 3.8) is 0 Å². The Kier molecular flexibility index (Phi) is 6.74. The van der Waals surface area contributed by atoms with Crippen LogP contribution in [0.15, 0.2) is 24.3 Å². The lowest BCUT2D eigenvalue weighted by atomic mass is 10.1. The average Bonchev–Trinajstić information content (AvgIpc) is 2.42. The molecule has 19 heavy (non-hydrogen) atoms. The van der Waals surface area contributed by atoms with Crippen molar-refractivity contribution in [1.29, 1.82) is 0 Å². The molecule has 1 aromatic rings. The van der Waals surface area contributed by atoms with Crippen LogP contribution in [-0.4, -0.2) is 51.8 Å². The molecule has 5 heteroatoms. The fourth-order valence-electron chi connectivity index (χ4n) is 1.57. The summed E-state index contributed by atoms with van der Waals surface area (Å²) in [4.78, 5) is 12.8. The molecule has 0 aliphatic carbocycles. The van der Waals surface area contributed by atoms with Crippen LogP contribution in [-0.2, 0) is 6.42 Å². The summed E-state index contributed by atoms with van der Waals surface area (Å²) in [6, 6.07) is 8.00. The second-order valence-electron chi connectivity index (χ2n) is 4.47. The molecule has 2 N–H and O–H groups in total. The van der Waals surface area contributed by atoms with Crippen LogP contribution in [0.4, 0.5) is 4.79 Å². The topological polar surface area (TPSA) is 53.6 Å². The summed E-state index contributed by atoms with van der Waals surface area (Å²) in [6.07, 6.45) is 0.964. The van der Waals surface area contributed by atoms with E-state index in [9.17, 15) is 4.79 Å². The van der Waals surface area contributed by atoms with Gasteiger partial charge in [0.25, 0.3) is 0 Å². The first kappa shape index (κ1) is 15.3. The number of urea groups is 1. The number of methoxy groups -OCH3 is 1. The molecule has 0 aromatic heterocycles. The van der Waals surface area contributed by atoms with Crippen molar-refractivity contribution in [3.05, 3.63) is 29.8 Å². The maximum absolute atomic E-state index is 11.2. The Morgan fingerprint density at radius 2 is 1.84 bits per heavy atom. The molecule has 0 spiro atoms. The molecule has 0 aliphatic rings. The number of carbonyl (C=O) groups excluding carboxylic acids is 1. The van der Waals surface area contributed by atoms with E-state index >= 15 is 0 Å². The molecule has 5 nitrogen and oxygen atoms in total. The van der Waals surface area contributed by atoms with Crippen molar-refractivity contribution in [2.75, 3.05) is 40.8 Å². The standard InChI is InChI=1S/C14H23N3O2/c1-17(2)14(18)16-11-10-15-9-8-12-4-6-13(19-3)7-5-12/h4-7,15H,8-11H2,1-3H3,(H,16,18). The first-order chi connectivity index (χ1) is 9.13. The Hall–Kier alpha value is -1.75. The third-order valence-electron chi connectivity index (χ3n) is 2.73. The predicted octanol–water partition coefficient (Wildman–Crippen LogP) is 1.10. The van der Waals surface area contributed by atoms with Crippen LogP contribution in [0, 0.1) is 0 Å². The number of rotatable bonds is 7. The van der Waals surface area contributed by atoms with Crippen LogP contribution in [0.25, 0.3) is 0 Å². The van der Waals surface area contributed by atoms with Crippen LogP contribution in [0.1, 0.15) is 5.56 Å². The molecule has 0 unspecified atom stereocenters. The number of ether oxygens (including phenoxy) is 1. The van der Waals surface area contributed by atoms with Crippen molar-refractivity contribution < 1.29 is 9.53 Å². The highest BCUT2D eigenvalue weighted by molar-refractivity contribution is 5.73. The number of benzene rings is 1. The van der Waals surface area contributed by atoms with E-state index in [1.807, 2.05) is 12.1 Å². The van der Waals surface area contributed by atoms with E-state index in [1.165, 1.54) is 10.5 Å². The monoisotopic (exact) mass is 265 g/mol. The third kappa shape index (κ3) is 6.10. The van der Waals surface area contributed by atoms with Gasteiger partial charge in [0, 0.05) is 27.2 Å². The molecule has 106 valence electrons. The van der Waals surface area contributed by atoms with Crippen LogP contribution < -0.4 is 15.4 Å². The normalized spacial score (nSPS) is 10.1. The molecule has 1 rings (SSSR count). The Morgan fingerprint density at radius 1 is 1.16 bits per heavy atom. The summed E-state index contributed by atoms with van der Waals surface area (Å²) in [5, 5.41) is 6.10. The van der Waals surface area contributed by atoms with Gasteiger partial charge in [0.05, 0.1) is 7.11 Å². The van der Waals surface area contributed by atoms with Gasteiger partial charge in [-0.05, 0) is 30.7 Å². The molecule has 0 saturated carbocycles. The number of amides is 2. The lowest BCUT2D eigenvalue weighted by molar-refractivity contribution is 0.217. The first-order valence-corrected chi connectivity index (χ1v) is 6.42. The summed E-state index contributed by atoms with van der Waals surface area (Å²) >= 11 is 0. The van der Waals surface area contributed by atoms with Gasteiger partial charge in [-0.25, -0.2) is 4.79 Å². The van der Waals surface area contributed by atoms with Gasteiger partial charge < -0.3 is 20.3 Å². The van der Waals surface area contributed by atoms with Crippen molar-refractivity contribution in [2.24, 2.45) is 0 Å². The van der Waals surface area contributed by atoms with E-state index < -0.39 is 0 Å². The van der Waals surface area contributed by atoms with Crippen LogP contribution in [0.5, 0.6) is 5.75 Å². The lowest BCUT2D eigenvalue weighted by Crippen LogP contribution is -2.38. The van der Waals surface area contributed by atoms with Gasteiger partial charge >= 0.3 is 6.03 Å². The van der Waals surface area contributed by atoms with E-state index in [1.54, 1.807) is 21.2 Å². The molecule has 0 bridgehead atoms. The van der Waals surface area contributed by atoms with Crippen molar-refractivity contribution in [1.82, 2.24) is 15.5 Å². The zero-order valence-electron chi connectivity index (χ0n) is 11.9. The van der Waals surface area contributed by atoms with Gasteiger partial charge in [-0.15, -0.1) is 0 Å². The summed E-state index contributed by atoms with van der Waals surface area (Å²) < 4.78 is 5.11. The van der Waals surface area contributed by atoms with E-state index in [0.717, 1.165) is 25.3 Å². The highest BCUT2D eigenvalue weighted by atomic mass is 16.5. The minimum Gasteiger partial charge on any atom is -0.497 e. The molecular formula is C14H23N3O2. The maximum Gasteiger partial charge on any atom is 0.316 e. The Bertz CT molecular complexity index is 377. The Labute approximate surface area is 114 Å². The third-order valence-corrected chi connectivity index (χ3v) is 2.73. The number of hydrogen-bond acceptors (Lipinski definition) is 3. The highest BCUT2D eigenvalue weighted by Gasteiger charge is 2.00. The van der Waals surface area contributed by atoms with E-state index in [-0.39, 0.29) is 6.03 Å². The zero-order chi connectivity index (χ0) is 14.1. The van der Waals surface area contributed by atoms with Crippen LogP contribution in [0.3, 0.4) is 0 Å². The van der Waals surface area contributed by atoms with Crippen molar-refractivity contribution in [2.45, 2.75) is 6.42 Å². The second kappa shape index (κ2) is 8.37. The smallest absolute Gasteiger partial charge is 0.316 e. The molecule has 0 fully saturated rings. The van der Waals surface area contributed by atoms with Gasteiger partial charge in [0.2, 0.25) is 0 Å². The molecule has 2 amide bonds. The Morgan fingerprint density at radius 3 is 2.42 bits per heavy atom. The van der Waals surface area contributed by atoms with Crippen LogP contribution >= 0.6 is 0 Å². The van der Waals surface area contributed by atoms with E-state index in [0.29, 0.717) is 6.54 Å². The highest BCUT2D eigenvalue weighted by Crippen LogP contribution is 2.11. The quantitative estimate of drug-likeness (QED) is 0.726. The van der Waals surface area contributed by atoms with Gasteiger partial charge in [-0.1, -0.05) is 12.1 Å². The number of carbonyl (C=O) groups is 1. The first-order valence-electron chi connectivity index (χ1n) is 6.42. The van der Waals surface area contributed by atoms with Crippen LogP contribution in [0.2, 0.25) is 0 Å². The van der Waals surface area contributed by atoms with E-state index in [2.05, 4.69) is 22.8 Å². The maximum atomic E-state index is 11.2. The summed E-state index contributed by atoms with van der Waals surface area (Å²) in [6.45, 7) is 2.31.